The summed E-state index contributed by atoms with van der Waals surface area (Å²) in [6, 6.07) is 12.9. The van der Waals surface area contributed by atoms with Gasteiger partial charge in [0.05, 0.1) is 23.5 Å². The summed E-state index contributed by atoms with van der Waals surface area (Å²) in [7, 11) is 0. The summed E-state index contributed by atoms with van der Waals surface area (Å²) >= 11 is 0. The molecule has 2 N–H and O–H groups in total. The van der Waals surface area contributed by atoms with Crippen LogP contribution in [0, 0.1) is 0 Å². The number of benzene rings is 2. The molecule has 0 radical (unpaired) electrons. The molecule has 0 fully saturated rings. The molecule has 5 heteroatoms. The topological polar surface area (TPSA) is 55.8 Å². The van der Waals surface area contributed by atoms with Crippen LogP contribution in [0.1, 0.15) is 108 Å². The molecule has 0 unspecified atom stereocenters. The Morgan fingerprint density at radius 3 is 1.52 bits per heavy atom. The van der Waals surface area contributed by atoms with E-state index < -0.39 is 5.97 Å². The van der Waals surface area contributed by atoms with Crippen LogP contribution in [0.5, 0.6) is 0 Å². The van der Waals surface area contributed by atoms with E-state index in [0.717, 1.165) is 17.1 Å². The zero-order valence-corrected chi connectivity index (χ0v) is 21.3. The van der Waals surface area contributed by atoms with Crippen molar-refractivity contribution in [2.75, 3.05) is 10.0 Å². The molecule has 178 valence electrons. The van der Waals surface area contributed by atoms with E-state index in [1.807, 2.05) is 16.2 Å². The number of hydrogen-bond donors (Lipinski definition) is 2. The Labute approximate surface area is 199 Å². The fourth-order valence-electron chi connectivity index (χ4n) is 4.56. The summed E-state index contributed by atoms with van der Waals surface area (Å²) in [5.74, 6) is 0.425. The van der Waals surface area contributed by atoms with Crippen molar-refractivity contribution in [3.8, 4) is 0 Å². The van der Waals surface area contributed by atoms with Crippen LogP contribution in [0.3, 0.4) is 0 Å². The molecule has 5 nitrogen and oxygen atoms in total. The van der Waals surface area contributed by atoms with Crippen molar-refractivity contribution in [3.05, 3.63) is 70.5 Å². The summed E-state index contributed by atoms with van der Waals surface area (Å²) in [5, 5.41) is 13.8. The molecule has 0 amide bonds. The molecule has 3 rings (SSSR count). The Morgan fingerprint density at radius 2 is 1.15 bits per heavy atom. The van der Waals surface area contributed by atoms with Gasteiger partial charge in [-0.1, -0.05) is 91.8 Å². The first-order chi connectivity index (χ1) is 15.5. The van der Waals surface area contributed by atoms with Crippen molar-refractivity contribution < 1.29 is 9.90 Å². The molecule has 33 heavy (non-hydrogen) atoms. The highest BCUT2D eigenvalue weighted by atomic mass is 16.4. The third-order valence-corrected chi connectivity index (χ3v) is 6.25. The Bertz CT molecular complexity index is 985. The number of aliphatic carboxylic acids is 1. The van der Waals surface area contributed by atoms with Gasteiger partial charge in [0.15, 0.2) is 0 Å². The monoisotopic (exact) mass is 449 g/mol. The van der Waals surface area contributed by atoms with Crippen molar-refractivity contribution >= 4 is 17.3 Å². The molecule has 0 aromatic heterocycles. The molecule has 1 heterocycles. The number of nitrogens with one attached hydrogen (secondary N) is 1. The predicted octanol–water partition coefficient (Wildman–Crippen LogP) is 7.24. The SMILES string of the molecule is CC(C)c1cccc(C(C)C)c1N1C=C(CC(=O)O)N(c2c(C(C)C)cccc2C(C)C)N1. The molecule has 2 aromatic rings. The van der Waals surface area contributed by atoms with E-state index >= 15 is 0 Å². The first kappa shape index (κ1) is 24.8. The largest absolute Gasteiger partial charge is 0.481 e. The Morgan fingerprint density at radius 1 is 0.758 bits per heavy atom. The van der Waals surface area contributed by atoms with Crippen LogP contribution in [0.4, 0.5) is 11.4 Å². The predicted molar refractivity (Wildman–Crippen MR) is 138 cm³/mol. The highest BCUT2D eigenvalue weighted by molar-refractivity contribution is 5.76. The summed E-state index contributed by atoms with van der Waals surface area (Å²) < 4.78 is 0. The van der Waals surface area contributed by atoms with E-state index in [1.54, 1.807) is 0 Å². The van der Waals surface area contributed by atoms with E-state index in [0.29, 0.717) is 23.7 Å². The van der Waals surface area contributed by atoms with E-state index in [9.17, 15) is 9.90 Å². The van der Waals surface area contributed by atoms with Crippen LogP contribution in [0.15, 0.2) is 48.3 Å². The first-order valence-corrected chi connectivity index (χ1v) is 12.1. The normalized spacial score (nSPS) is 14.2. The molecule has 0 aliphatic carbocycles. The molecular weight excluding hydrogens is 410 g/mol. The van der Waals surface area contributed by atoms with Crippen molar-refractivity contribution in [1.29, 1.82) is 0 Å². The smallest absolute Gasteiger partial charge is 0.309 e. The minimum Gasteiger partial charge on any atom is -0.481 e. The third kappa shape index (κ3) is 5.09. The Kier molecular flexibility index (Phi) is 7.53. The highest BCUT2D eigenvalue weighted by Crippen LogP contribution is 2.41. The van der Waals surface area contributed by atoms with Gasteiger partial charge in [-0.15, -0.1) is 5.53 Å². The van der Waals surface area contributed by atoms with Crippen molar-refractivity contribution in [2.45, 2.75) is 85.5 Å². The average molecular weight is 450 g/mol. The lowest BCUT2D eigenvalue weighted by Gasteiger charge is -2.32. The summed E-state index contributed by atoms with van der Waals surface area (Å²) in [6.07, 6.45) is 1.90. The van der Waals surface area contributed by atoms with Gasteiger partial charge in [-0.05, 0) is 45.9 Å². The maximum Gasteiger partial charge on any atom is 0.309 e. The molecule has 0 saturated heterocycles. The second-order valence-corrected chi connectivity index (χ2v) is 10.2. The van der Waals surface area contributed by atoms with Gasteiger partial charge in [0.2, 0.25) is 0 Å². The van der Waals surface area contributed by atoms with Crippen LogP contribution in [-0.4, -0.2) is 11.1 Å². The highest BCUT2D eigenvalue weighted by Gasteiger charge is 2.31. The van der Waals surface area contributed by atoms with Gasteiger partial charge < -0.3 is 5.11 Å². The van der Waals surface area contributed by atoms with Gasteiger partial charge in [0.1, 0.15) is 0 Å². The second kappa shape index (κ2) is 10.0. The van der Waals surface area contributed by atoms with Gasteiger partial charge in [-0.25, -0.2) is 0 Å². The number of carbonyl (C=O) groups is 1. The van der Waals surface area contributed by atoms with E-state index in [4.69, 9.17) is 0 Å². The Hall–Kier alpha value is -2.79. The zero-order valence-electron chi connectivity index (χ0n) is 21.3. The fraction of sp³-hybridized carbons (Fsp3) is 0.464. The van der Waals surface area contributed by atoms with Crippen LogP contribution < -0.4 is 15.6 Å². The maximum atomic E-state index is 11.8. The number of carboxylic acids is 1. The molecular formula is C28H39N3O2. The number of hydrogen-bond acceptors (Lipinski definition) is 4. The maximum absolute atomic E-state index is 11.8. The zero-order chi connectivity index (χ0) is 24.4. The van der Waals surface area contributed by atoms with Gasteiger partial charge in [-0.3, -0.25) is 14.8 Å². The number of anilines is 2. The third-order valence-electron chi connectivity index (χ3n) is 6.25. The minimum absolute atomic E-state index is 0.0612. The van der Waals surface area contributed by atoms with Crippen LogP contribution in [0.2, 0.25) is 0 Å². The molecule has 0 saturated carbocycles. The fourth-order valence-corrected chi connectivity index (χ4v) is 4.56. The number of nitrogens with zero attached hydrogens (tertiary/aromatic N) is 2. The molecule has 2 aromatic carbocycles. The number of rotatable bonds is 8. The van der Waals surface area contributed by atoms with Gasteiger partial charge in [-0.2, -0.15) is 0 Å². The summed E-state index contributed by atoms with van der Waals surface area (Å²) in [5.41, 5.74) is 11.4. The van der Waals surface area contributed by atoms with Crippen molar-refractivity contribution in [3.63, 3.8) is 0 Å². The molecule has 0 atom stereocenters. The standard InChI is InChI=1S/C28H39N3O2/c1-17(2)22-11-9-12-23(18(3)4)27(22)30-16-21(15-26(32)33)31(29-30)28-24(19(5)6)13-10-14-25(28)20(7)8/h9-14,16-20,29H,15H2,1-8H3,(H,32,33). The van der Waals surface area contributed by atoms with E-state index in [-0.39, 0.29) is 6.42 Å². The Balaban J connectivity index is 2.21. The minimum atomic E-state index is -0.843. The van der Waals surface area contributed by atoms with Crippen LogP contribution in [0.25, 0.3) is 0 Å². The molecule has 1 aliphatic heterocycles. The van der Waals surface area contributed by atoms with Crippen LogP contribution >= 0.6 is 0 Å². The van der Waals surface area contributed by atoms with Crippen molar-refractivity contribution in [1.82, 2.24) is 5.53 Å². The molecule has 0 bridgehead atoms. The number of carboxylic acid groups (broad SMARTS) is 1. The van der Waals surface area contributed by atoms with Crippen molar-refractivity contribution in [2.24, 2.45) is 0 Å². The van der Waals surface area contributed by atoms with Crippen LogP contribution in [-0.2, 0) is 4.79 Å². The number of hydrazine groups is 2. The lowest BCUT2D eigenvalue weighted by Crippen LogP contribution is -2.43. The first-order valence-electron chi connectivity index (χ1n) is 12.1. The molecule has 0 spiro atoms. The van der Waals surface area contributed by atoms with Gasteiger partial charge in [0, 0.05) is 6.20 Å². The molecule has 1 aliphatic rings. The van der Waals surface area contributed by atoms with Gasteiger partial charge >= 0.3 is 5.97 Å². The second-order valence-electron chi connectivity index (χ2n) is 10.2. The summed E-state index contributed by atoms with van der Waals surface area (Å²) in [4.78, 5) is 11.8. The van der Waals surface area contributed by atoms with Gasteiger partial charge in [0.25, 0.3) is 0 Å². The van der Waals surface area contributed by atoms with E-state index in [1.165, 1.54) is 22.3 Å². The van der Waals surface area contributed by atoms with E-state index in [2.05, 4.69) is 97.3 Å². The lowest BCUT2D eigenvalue weighted by molar-refractivity contribution is -0.136. The summed E-state index contributed by atoms with van der Waals surface area (Å²) in [6.45, 7) is 17.5. The average Bonchev–Trinajstić information content (AvgIpc) is 3.14. The lowest BCUT2D eigenvalue weighted by atomic mass is 9.92. The number of para-hydroxylation sites is 2. The quantitative estimate of drug-likeness (QED) is 0.445.